The number of hydrogen-bond acceptors (Lipinski definition) is 4. The third-order valence-corrected chi connectivity index (χ3v) is 3.93. The predicted molar refractivity (Wildman–Crippen MR) is 84.0 cm³/mol. The minimum absolute atomic E-state index is 0.681. The van der Waals surface area contributed by atoms with Gasteiger partial charge < -0.3 is 9.80 Å². The molecule has 2 rings (SSSR count). The van der Waals surface area contributed by atoms with Gasteiger partial charge in [0.1, 0.15) is 0 Å². The SMILES string of the molecule is CN(C)CCN1CCN(c2cc(Cl)ccc2C=O)CC1. The summed E-state index contributed by atoms with van der Waals surface area (Å²) in [6.45, 7) is 6.11. The molecule has 1 heterocycles. The number of aldehydes is 1. The second-order valence-electron chi connectivity index (χ2n) is 5.45. The van der Waals surface area contributed by atoms with Gasteiger partial charge in [0, 0.05) is 55.5 Å². The van der Waals surface area contributed by atoms with Gasteiger partial charge in [0.2, 0.25) is 0 Å². The Hall–Kier alpha value is -1.10. The first kappa shape index (κ1) is 15.3. The molecule has 0 saturated carbocycles. The van der Waals surface area contributed by atoms with E-state index in [9.17, 15) is 4.79 Å². The van der Waals surface area contributed by atoms with Crippen LogP contribution >= 0.6 is 11.6 Å². The summed E-state index contributed by atoms with van der Waals surface area (Å²) < 4.78 is 0. The highest BCUT2D eigenvalue weighted by Gasteiger charge is 2.19. The van der Waals surface area contributed by atoms with E-state index in [0.717, 1.165) is 56.8 Å². The zero-order chi connectivity index (χ0) is 14.5. The Morgan fingerprint density at radius 1 is 1.25 bits per heavy atom. The van der Waals surface area contributed by atoms with Gasteiger partial charge in [-0.15, -0.1) is 0 Å². The summed E-state index contributed by atoms with van der Waals surface area (Å²) in [4.78, 5) is 18.1. The van der Waals surface area contributed by atoms with Crippen molar-refractivity contribution < 1.29 is 4.79 Å². The molecule has 1 aliphatic rings. The van der Waals surface area contributed by atoms with Gasteiger partial charge in [-0.3, -0.25) is 9.69 Å². The quantitative estimate of drug-likeness (QED) is 0.775. The first-order valence-corrected chi connectivity index (χ1v) is 7.34. The molecule has 1 fully saturated rings. The van der Waals surface area contributed by atoms with Crippen LogP contribution in [-0.2, 0) is 0 Å². The zero-order valence-electron chi connectivity index (χ0n) is 12.2. The van der Waals surface area contributed by atoms with Crippen molar-refractivity contribution in [1.29, 1.82) is 0 Å². The lowest BCUT2D eigenvalue weighted by Gasteiger charge is -2.37. The van der Waals surface area contributed by atoms with Crippen LogP contribution in [0.1, 0.15) is 10.4 Å². The Morgan fingerprint density at radius 3 is 2.55 bits per heavy atom. The van der Waals surface area contributed by atoms with Gasteiger partial charge in [-0.1, -0.05) is 11.6 Å². The van der Waals surface area contributed by atoms with Gasteiger partial charge >= 0.3 is 0 Å². The normalized spacial score (nSPS) is 16.7. The molecule has 0 N–H and O–H groups in total. The Morgan fingerprint density at radius 2 is 1.95 bits per heavy atom. The predicted octanol–water partition coefficient (Wildman–Crippen LogP) is 1.84. The number of hydrogen-bond donors (Lipinski definition) is 0. The van der Waals surface area contributed by atoms with E-state index < -0.39 is 0 Å². The Bertz CT molecular complexity index is 456. The van der Waals surface area contributed by atoms with Crippen molar-refractivity contribution in [1.82, 2.24) is 9.80 Å². The number of nitrogens with zero attached hydrogens (tertiary/aromatic N) is 3. The third kappa shape index (κ3) is 3.95. The maximum absolute atomic E-state index is 11.1. The topological polar surface area (TPSA) is 26.8 Å². The minimum atomic E-state index is 0.681. The standard InChI is InChI=1S/C15H22ClN3O/c1-17(2)5-6-18-7-9-19(10-8-18)15-11-14(16)4-3-13(15)12-20/h3-4,11-12H,5-10H2,1-2H3. The minimum Gasteiger partial charge on any atom is -0.368 e. The molecule has 0 spiro atoms. The number of anilines is 1. The van der Waals surface area contributed by atoms with Crippen molar-refractivity contribution in [3.63, 3.8) is 0 Å². The molecule has 110 valence electrons. The van der Waals surface area contributed by atoms with Crippen LogP contribution < -0.4 is 4.90 Å². The Kier molecular flexibility index (Phi) is 5.40. The number of carbonyl (C=O) groups is 1. The maximum atomic E-state index is 11.1. The van der Waals surface area contributed by atoms with E-state index in [-0.39, 0.29) is 0 Å². The molecule has 1 aliphatic heterocycles. The second kappa shape index (κ2) is 7.07. The molecule has 1 aromatic carbocycles. The highest BCUT2D eigenvalue weighted by atomic mass is 35.5. The van der Waals surface area contributed by atoms with Gasteiger partial charge in [0.25, 0.3) is 0 Å². The molecule has 4 nitrogen and oxygen atoms in total. The van der Waals surface area contributed by atoms with E-state index in [1.165, 1.54) is 0 Å². The summed E-state index contributed by atoms with van der Waals surface area (Å²) in [6, 6.07) is 5.45. The third-order valence-electron chi connectivity index (χ3n) is 3.70. The van der Waals surface area contributed by atoms with Crippen LogP contribution in [0.25, 0.3) is 0 Å². The molecule has 0 unspecified atom stereocenters. The van der Waals surface area contributed by atoms with Crippen LogP contribution in [-0.4, -0.2) is 69.4 Å². The lowest BCUT2D eigenvalue weighted by molar-refractivity contribution is 0.112. The average Bonchev–Trinajstić information content (AvgIpc) is 2.45. The maximum Gasteiger partial charge on any atom is 0.152 e. The fourth-order valence-electron chi connectivity index (χ4n) is 2.44. The summed E-state index contributed by atoms with van der Waals surface area (Å²) in [5.41, 5.74) is 1.68. The Labute approximate surface area is 125 Å². The van der Waals surface area contributed by atoms with E-state index in [1.807, 2.05) is 6.07 Å². The highest BCUT2D eigenvalue weighted by Crippen LogP contribution is 2.24. The van der Waals surface area contributed by atoms with Gasteiger partial charge in [-0.05, 0) is 32.3 Å². The summed E-state index contributed by atoms with van der Waals surface area (Å²) >= 11 is 6.05. The van der Waals surface area contributed by atoms with E-state index in [4.69, 9.17) is 11.6 Å². The van der Waals surface area contributed by atoms with Crippen LogP contribution in [0.15, 0.2) is 18.2 Å². The first-order valence-electron chi connectivity index (χ1n) is 6.97. The van der Waals surface area contributed by atoms with Gasteiger partial charge in [0.15, 0.2) is 6.29 Å². The molecular formula is C15H22ClN3O. The van der Waals surface area contributed by atoms with E-state index in [2.05, 4.69) is 28.8 Å². The summed E-state index contributed by atoms with van der Waals surface area (Å²) in [5, 5.41) is 0.681. The molecule has 0 radical (unpaired) electrons. The van der Waals surface area contributed by atoms with Gasteiger partial charge in [-0.2, -0.15) is 0 Å². The molecule has 1 saturated heterocycles. The number of halogens is 1. The second-order valence-corrected chi connectivity index (χ2v) is 5.89. The van der Waals surface area contributed by atoms with Crippen molar-refractivity contribution in [2.45, 2.75) is 0 Å². The Balaban J connectivity index is 1.96. The van der Waals surface area contributed by atoms with Crippen LogP contribution in [0, 0.1) is 0 Å². The van der Waals surface area contributed by atoms with Crippen molar-refractivity contribution >= 4 is 23.6 Å². The smallest absolute Gasteiger partial charge is 0.152 e. The molecule has 20 heavy (non-hydrogen) atoms. The van der Waals surface area contributed by atoms with Crippen molar-refractivity contribution in [3.8, 4) is 0 Å². The average molecular weight is 296 g/mol. The lowest BCUT2D eigenvalue weighted by atomic mass is 10.1. The molecule has 0 amide bonds. The van der Waals surface area contributed by atoms with Crippen LogP contribution in [0.3, 0.4) is 0 Å². The number of benzene rings is 1. The van der Waals surface area contributed by atoms with E-state index in [0.29, 0.717) is 5.02 Å². The fourth-order valence-corrected chi connectivity index (χ4v) is 2.61. The van der Waals surface area contributed by atoms with E-state index in [1.54, 1.807) is 12.1 Å². The lowest BCUT2D eigenvalue weighted by Crippen LogP contribution is -2.48. The number of likely N-dealkylation sites (N-methyl/N-ethyl adjacent to an activating group) is 1. The molecule has 0 aromatic heterocycles. The van der Waals surface area contributed by atoms with Crippen LogP contribution in [0.2, 0.25) is 5.02 Å². The first-order chi connectivity index (χ1) is 9.60. The summed E-state index contributed by atoms with van der Waals surface area (Å²) in [6.07, 6.45) is 0.907. The number of carbonyl (C=O) groups excluding carboxylic acids is 1. The fraction of sp³-hybridized carbons (Fsp3) is 0.533. The molecule has 0 atom stereocenters. The monoisotopic (exact) mass is 295 g/mol. The molecule has 0 bridgehead atoms. The number of rotatable bonds is 5. The van der Waals surface area contributed by atoms with Crippen LogP contribution in [0.5, 0.6) is 0 Å². The molecule has 1 aromatic rings. The van der Waals surface area contributed by atoms with Gasteiger partial charge in [-0.25, -0.2) is 0 Å². The zero-order valence-corrected chi connectivity index (χ0v) is 12.9. The molecule has 5 heteroatoms. The van der Waals surface area contributed by atoms with Gasteiger partial charge in [0.05, 0.1) is 0 Å². The number of piperazine rings is 1. The summed E-state index contributed by atoms with van der Waals surface area (Å²) in [5.74, 6) is 0. The molecular weight excluding hydrogens is 274 g/mol. The highest BCUT2D eigenvalue weighted by molar-refractivity contribution is 6.31. The van der Waals surface area contributed by atoms with Crippen molar-refractivity contribution in [2.24, 2.45) is 0 Å². The van der Waals surface area contributed by atoms with Crippen molar-refractivity contribution in [2.75, 3.05) is 58.3 Å². The molecule has 0 aliphatic carbocycles. The van der Waals surface area contributed by atoms with Crippen molar-refractivity contribution in [3.05, 3.63) is 28.8 Å². The van der Waals surface area contributed by atoms with E-state index >= 15 is 0 Å². The summed E-state index contributed by atoms with van der Waals surface area (Å²) in [7, 11) is 4.19. The largest absolute Gasteiger partial charge is 0.368 e. The van der Waals surface area contributed by atoms with Crippen LogP contribution in [0.4, 0.5) is 5.69 Å².